The number of fused-ring (bicyclic) bond motifs is 3. The summed E-state index contributed by atoms with van der Waals surface area (Å²) < 4.78 is 5.80. The number of aromatic nitrogens is 2. The lowest BCUT2D eigenvalue weighted by molar-refractivity contribution is -0.00181. The number of hydrogen-bond acceptors (Lipinski definition) is 4. The smallest absolute Gasteiger partial charge is 0.259 e. The highest BCUT2D eigenvalue weighted by Gasteiger charge is 2.28. The second-order valence-corrected chi connectivity index (χ2v) is 6.67. The van der Waals surface area contributed by atoms with Crippen LogP contribution in [0.5, 0.6) is 0 Å². The first-order chi connectivity index (χ1) is 8.97. The predicted molar refractivity (Wildman–Crippen MR) is 77.2 cm³/mol. The van der Waals surface area contributed by atoms with Gasteiger partial charge in [0.15, 0.2) is 0 Å². The highest BCUT2D eigenvalue weighted by Crippen LogP contribution is 2.39. The minimum Gasteiger partial charge on any atom is -0.370 e. The zero-order valence-electron chi connectivity index (χ0n) is 11.0. The SMILES string of the molecule is CC1Cc2c(sc3nc(C(C)Cl)[nH]c(=O)c23)C(C)O1. The van der Waals surface area contributed by atoms with Crippen molar-refractivity contribution in [1.82, 2.24) is 9.97 Å². The molecule has 0 aromatic carbocycles. The first-order valence-electron chi connectivity index (χ1n) is 6.32. The summed E-state index contributed by atoms with van der Waals surface area (Å²) in [5, 5.41) is 0.409. The largest absolute Gasteiger partial charge is 0.370 e. The third-order valence-corrected chi connectivity index (χ3v) is 4.88. The van der Waals surface area contributed by atoms with Crippen molar-refractivity contribution in [3.8, 4) is 0 Å². The third kappa shape index (κ3) is 2.10. The summed E-state index contributed by atoms with van der Waals surface area (Å²) in [6.07, 6.45) is 0.917. The molecule has 1 aliphatic rings. The molecule has 2 aromatic rings. The summed E-state index contributed by atoms with van der Waals surface area (Å²) in [5.41, 5.74) is 1.00. The van der Waals surface area contributed by atoms with Crippen molar-refractivity contribution in [1.29, 1.82) is 0 Å². The Balaban J connectivity index is 2.29. The molecule has 3 heterocycles. The normalized spacial score (nSPS) is 24.4. The van der Waals surface area contributed by atoms with E-state index >= 15 is 0 Å². The molecule has 2 aromatic heterocycles. The molecule has 0 radical (unpaired) electrons. The molecule has 6 heteroatoms. The fraction of sp³-hybridized carbons (Fsp3) is 0.538. The van der Waals surface area contributed by atoms with E-state index in [-0.39, 0.29) is 23.1 Å². The van der Waals surface area contributed by atoms with Crippen LogP contribution in [-0.2, 0) is 11.2 Å². The third-order valence-electron chi connectivity index (χ3n) is 3.38. The lowest BCUT2D eigenvalue weighted by atomic mass is 10.0. The highest BCUT2D eigenvalue weighted by molar-refractivity contribution is 7.18. The first-order valence-corrected chi connectivity index (χ1v) is 7.57. The molecule has 0 bridgehead atoms. The van der Waals surface area contributed by atoms with E-state index < -0.39 is 0 Å². The van der Waals surface area contributed by atoms with Crippen molar-refractivity contribution in [3.05, 3.63) is 26.6 Å². The fourth-order valence-electron chi connectivity index (χ4n) is 2.56. The Kier molecular flexibility index (Phi) is 3.15. The molecule has 0 amide bonds. The predicted octanol–water partition coefficient (Wildman–Crippen LogP) is 3.31. The van der Waals surface area contributed by atoms with Gasteiger partial charge in [-0.15, -0.1) is 22.9 Å². The van der Waals surface area contributed by atoms with Crippen molar-refractivity contribution in [2.75, 3.05) is 0 Å². The van der Waals surface area contributed by atoms with Gasteiger partial charge in [-0.25, -0.2) is 4.98 Å². The first kappa shape index (κ1) is 13.1. The van der Waals surface area contributed by atoms with Crippen LogP contribution in [0.15, 0.2) is 4.79 Å². The van der Waals surface area contributed by atoms with E-state index in [1.807, 2.05) is 13.8 Å². The number of alkyl halides is 1. The van der Waals surface area contributed by atoms with Gasteiger partial charge in [0, 0.05) is 11.3 Å². The number of nitrogens with one attached hydrogen (secondary N) is 1. The average Bonchev–Trinajstić information content (AvgIpc) is 2.68. The minimum atomic E-state index is -0.302. The summed E-state index contributed by atoms with van der Waals surface area (Å²) in [5.74, 6) is 0.527. The molecule has 19 heavy (non-hydrogen) atoms. The molecule has 3 atom stereocenters. The van der Waals surface area contributed by atoms with E-state index in [1.54, 1.807) is 18.3 Å². The molecular weight excluding hydrogens is 284 g/mol. The number of halogens is 1. The zero-order chi connectivity index (χ0) is 13.7. The monoisotopic (exact) mass is 298 g/mol. The van der Waals surface area contributed by atoms with Gasteiger partial charge in [-0.05, 0) is 26.3 Å². The maximum atomic E-state index is 12.3. The van der Waals surface area contributed by atoms with E-state index in [0.29, 0.717) is 11.2 Å². The van der Waals surface area contributed by atoms with Crippen LogP contribution < -0.4 is 5.56 Å². The molecule has 102 valence electrons. The standard InChI is InChI=1S/C13H15ClN2O2S/c1-5-4-8-9-12(17)15-11(6(2)14)16-13(9)19-10(8)7(3)18-5/h5-7H,4H2,1-3H3,(H,15,16,17). The van der Waals surface area contributed by atoms with E-state index in [0.717, 1.165) is 21.7 Å². The number of H-pyrrole nitrogens is 1. The van der Waals surface area contributed by atoms with Crippen LogP contribution in [0.3, 0.4) is 0 Å². The molecule has 0 fully saturated rings. The summed E-state index contributed by atoms with van der Waals surface area (Å²) in [7, 11) is 0. The summed E-state index contributed by atoms with van der Waals surface area (Å²) in [4.78, 5) is 21.4. The van der Waals surface area contributed by atoms with Gasteiger partial charge >= 0.3 is 0 Å². The van der Waals surface area contributed by atoms with Crippen LogP contribution in [0.1, 0.15) is 48.5 Å². The van der Waals surface area contributed by atoms with Crippen LogP contribution in [0.4, 0.5) is 0 Å². The minimum absolute atomic E-state index is 0.0224. The van der Waals surface area contributed by atoms with Crippen LogP contribution in [0.25, 0.3) is 10.2 Å². The lowest BCUT2D eigenvalue weighted by Crippen LogP contribution is -2.22. The maximum Gasteiger partial charge on any atom is 0.259 e. The van der Waals surface area contributed by atoms with E-state index in [4.69, 9.17) is 16.3 Å². The quantitative estimate of drug-likeness (QED) is 0.822. The van der Waals surface area contributed by atoms with Gasteiger partial charge in [-0.2, -0.15) is 0 Å². The Morgan fingerprint density at radius 2 is 2.26 bits per heavy atom. The van der Waals surface area contributed by atoms with Crippen LogP contribution in [0.2, 0.25) is 0 Å². The van der Waals surface area contributed by atoms with Crippen molar-refractivity contribution in [2.45, 2.75) is 44.8 Å². The number of ether oxygens (including phenoxy) is 1. The van der Waals surface area contributed by atoms with Gasteiger partial charge in [0.05, 0.1) is 23.0 Å². The summed E-state index contributed by atoms with van der Waals surface area (Å²) in [6, 6.07) is 0. The fourth-order valence-corrected chi connectivity index (χ4v) is 3.87. The Morgan fingerprint density at radius 1 is 1.53 bits per heavy atom. The van der Waals surface area contributed by atoms with Gasteiger partial charge in [0.1, 0.15) is 10.7 Å². The van der Waals surface area contributed by atoms with Gasteiger partial charge in [0.25, 0.3) is 5.56 Å². The zero-order valence-corrected chi connectivity index (χ0v) is 12.6. The molecular formula is C13H15ClN2O2S. The van der Waals surface area contributed by atoms with Gasteiger partial charge in [-0.3, -0.25) is 4.79 Å². The van der Waals surface area contributed by atoms with Crippen molar-refractivity contribution >= 4 is 33.2 Å². The van der Waals surface area contributed by atoms with Crippen LogP contribution >= 0.6 is 22.9 Å². The molecule has 0 aliphatic carbocycles. The van der Waals surface area contributed by atoms with E-state index in [2.05, 4.69) is 9.97 Å². The summed E-state index contributed by atoms with van der Waals surface area (Å²) in [6.45, 7) is 5.84. The number of hydrogen-bond donors (Lipinski definition) is 1. The average molecular weight is 299 g/mol. The Labute approximate surface area is 119 Å². The van der Waals surface area contributed by atoms with Crippen molar-refractivity contribution in [3.63, 3.8) is 0 Å². The molecule has 3 rings (SSSR count). The second-order valence-electron chi connectivity index (χ2n) is 4.99. The van der Waals surface area contributed by atoms with Gasteiger partial charge < -0.3 is 9.72 Å². The Bertz CT molecular complexity index is 692. The molecule has 0 spiro atoms. The topological polar surface area (TPSA) is 55.0 Å². The Morgan fingerprint density at radius 3 is 2.95 bits per heavy atom. The van der Waals surface area contributed by atoms with Crippen molar-refractivity contribution < 1.29 is 4.74 Å². The van der Waals surface area contributed by atoms with Crippen LogP contribution in [-0.4, -0.2) is 16.1 Å². The molecule has 1 aliphatic heterocycles. The maximum absolute atomic E-state index is 12.3. The Hall–Kier alpha value is -0.910. The van der Waals surface area contributed by atoms with E-state index in [9.17, 15) is 4.79 Å². The number of nitrogens with zero attached hydrogens (tertiary/aromatic N) is 1. The lowest BCUT2D eigenvalue weighted by Gasteiger charge is -2.25. The number of rotatable bonds is 1. The molecule has 0 saturated carbocycles. The van der Waals surface area contributed by atoms with E-state index in [1.165, 1.54) is 0 Å². The second kappa shape index (κ2) is 4.58. The molecule has 0 saturated heterocycles. The summed E-state index contributed by atoms with van der Waals surface area (Å²) >= 11 is 7.54. The van der Waals surface area contributed by atoms with Gasteiger partial charge in [0.2, 0.25) is 0 Å². The number of aromatic amines is 1. The highest BCUT2D eigenvalue weighted by atomic mass is 35.5. The van der Waals surface area contributed by atoms with Crippen molar-refractivity contribution in [2.24, 2.45) is 0 Å². The molecule has 1 N–H and O–H groups in total. The van der Waals surface area contributed by atoms with Gasteiger partial charge in [-0.1, -0.05) is 0 Å². The van der Waals surface area contributed by atoms with Crippen LogP contribution in [0, 0.1) is 0 Å². The molecule has 3 unspecified atom stereocenters. The molecule has 4 nitrogen and oxygen atoms in total. The number of thiophene rings is 1.